The maximum Gasteiger partial charge on any atom is 0.271 e. The Morgan fingerprint density at radius 1 is 1.62 bits per heavy atom. The first-order valence-corrected chi connectivity index (χ1v) is 4.46. The molecule has 0 spiro atoms. The molecular formula is C9H16N2O2. The van der Waals surface area contributed by atoms with E-state index >= 15 is 0 Å². The number of amides is 1. The van der Waals surface area contributed by atoms with Gasteiger partial charge in [0.25, 0.3) is 5.91 Å². The molecule has 1 atom stereocenters. The van der Waals surface area contributed by atoms with Gasteiger partial charge in [0, 0.05) is 20.5 Å². The highest BCUT2D eigenvalue weighted by atomic mass is 16.6. The zero-order chi connectivity index (χ0) is 10.0. The van der Waals surface area contributed by atoms with Gasteiger partial charge in [0.2, 0.25) is 0 Å². The second-order valence-electron chi connectivity index (χ2n) is 3.83. The molecule has 1 aliphatic rings. The molecule has 0 saturated heterocycles. The van der Waals surface area contributed by atoms with Crippen LogP contribution in [0.4, 0.5) is 0 Å². The van der Waals surface area contributed by atoms with Gasteiger partial charge in [0.1, 0.15) is 11.8 Å². The third-order valence-corrected chi connectivity index (χ3v) is 2.09. The normalized spacial score (nSPS) is 21.3. The van der Waals surface area contributed by atoms with Crippen LogP contribution in [0.1, 0.15) is 20.3 Å². The van der Waals surface area contributed by atoms with E-state index in [1.165, 1.54) is 4.90 Å². The van der Waals surface area contributed by atoms with Crippen LogP contribution in [0.25, 0.3) is 0 Å². The third kappa shape index (κ3) is 2.20. The van der Waals surface area contributed by atoms with Crippen LogP contribution in [0, 0.1) is 5.92 Å². The molecule has 0 fully saturated rings. The SMILES string of the molecule is CC(C)C1CC(C(=O)N(C)C)=NO1. The van der Waals surface area contributed by atoms with E-state index in [1.54, 1.807) is 14.1 Å². The molecule has 13 heavy (non-hydrogen) atoms. The lowest BCUT2D eigenvalue weighted by Crippen LogP contribution is -2.30. The summed E-state index contributed by atoms with van der Waals surface area (Å²) in [5.41, 5.74) is 0.531. The Hall–Kier alpha value is -1.06. The lowest BCUT2D eigenvalue weighted by atomic mass is 10.0. The molecule has 1 amide bonds. The lowest BCUT2D eigenvalue weighted by Gasteiger charge is -2.11. The molecule has 0 aromatic carbocycles. The standard InChI is InChI=1S/C9H16N2O2/c1-6(2)8-5-7(10-13-8)9(12)11(3)4/h6,8H,5H2,1-4H3. The van der Waals surface area contributed by atoms with Gasteiger partial charge in [-0.25, -0.2) is 0 Å². The van der Waals surface area contributed by atoms with Gasteiger partial charge in [-0.15, -0.1) is 0 Å². The second kappa shape index (κ2) is 3.77. The highest BCUT2D eigenvalue weighted by Gasteiger charge is 2.28. The average molecular weight is 184 g/mol. The van der Waals surface area contributed by atoms with Crippen molar-refractivity contribution < 1.29 is 9.63 Å². The largest absolute Gasteiger partial charge is 0.391 e. The van der Waals surface area contributed by atoms with Gasteiger partial charge < -0.3 is 9.74 Å². The first kappa shape index (κ1) is 10.0. The molecule has 1 unspecified atom stereocenters. The van der Waals surface area contributed by atoms with Crippen LogP contribution in [-0.4, -0.2) is 36.7 Å². The zero-order valence-corrected chi connectivity index (χ0v) is 8.57. The van der Waals surface area contributed by atoms with Crippen LogP contribution in [0.3, 0.4) is 0 Å². The zero-order valence-electron chi connectivity index (χ0n) is 8.57. The van der Waals surface area contributed by atoms with Crippen LogP contribution in [0.2, 0.25) is 0 Å². The van der Waals surface area contributed by atoms with E-state index in [2.05, 4.69) is 19.0 Å². The van der Waals surface area contributed by atoms with E-state index in [1.807, 2.05) is 0 Å². The van der Waals surface area contributed by atoms with Crippen LogP contribution >= 0.6 is 0 Å². The molecule has 4 nitrogen and oxygen atoms in total. The second-order valence-corrected chi connectivity index (χ2v) is 3.83. The van der Waals surface area contributed by atoms with Crippen molar-refractivity contribution in [1.29, 1.82) is 0 Å². The van der Waals surface area contributed by atoms with Crippen molar-refractivity contribution in [2.45, 2.75) is 26.4 Å². The topological polar surface area (TPSA) is 41.9 Å². The fourth-order valence-electron chi connectivity index (χ4n) is 1.14. The minimum atomic E-state index is -0.0526. The number of oxime groups is 1. The third-order valence-electron chi connectivity index (χ3n) is 2.09. The highest BCUT2D eigenvalue weighted by Crippen LogP contribution is 2.18. The summed E-state index contributed by atoms with van der Waals surface area (Å²) in [4.78, 5) is 18.1. The Labute approximate surface area is 78.5 Å². The number of hydrogen-bond donors (Lipinski definition) is 0. The summed E-state index contributed by atoms with van der Waals surface area (Å²) in [5, 5.41) is 3.78. The van der Waals surface area contributed by atoms with Gasteiger partial charge in [0.05, 0.1) is 0 Å². The molecule has 1 aliphatic heterocycles. The van der Waals surface area contributed by atoms with Crippen LogP contribution in [0.5, 0.6) is 0 Å². The monoisotopic (exact) mass is 184 g/mol. The van der Waals surface area contributed by atoms with Gasteiger partial charge >= 0.3 is 0 Å². The highest BCUT2D eigenvalue weighted by molar-refractivity contribution is 6.38. The Morgan fingerprint density at radius 3 is 2.62 bits per heavy atom. The summed E-state index contributed by atoms with van der Waals surface area (Å²) in [6.07, 6.45) is 0.702. The molecule has 0 radical (unpaired) electrons. The molecular weight excluding hydrogens is 168 g/mol. The molecule has 0 bridgehead atoms. The Bertz CT molecular complexity index is 234. The molecule has 1 heterocycles. The summed E-state index contributed by atoms with van der Waals surface area (Å²) < 4.78 is 0. The minimum Gasteiger partial charge on any atom is -0.391 e. The smallest absolute Gasteiger partial charge is 0.271 e. The minimum absolute atomic E-state index is 0.0526. The first-order chi connectivity index (χ1) is 6.02. The summed E-state index contributed by atoms with van der Waals surface area (Å²) in [7, 11) is 3.43. The van der Waals surface area contributed by atoms with Crippen molar-refractivity contribution in [2.75, 3.05) is 14.1 Å². The van der Waals surface area contributed by atoms with Gasteiger partial charge in [-0.2, -0.15) is 0 Å². The van der Waals surface area contributed by atoms with E-state index in [0.29, 0.717) is 18.1 Å². The molecule has 0 saturated carbocycles. The van der Waals surface area contributed by atoms with Crippen molar-refractivity contribution in [1.82, 2.24) is 4.90 Å². The fourth-order valence-corrected chi connectivity index (χ4v) is 1.14. The molecule has 4 heteroatoms. The molecule has 74 valence electrons. The number of hydrogen-bond acceptors (Lipinski definition) is 3. The van der Waals surface area contributed by atoms with Crippen molar-refractivity contribution in [3.8, 4) is 0 Å². The first-order valence-electron chi connectivity index (χ1n) is 4.46. The lowest BCUT2D eigenvalue weighted by molar-refractivity contribution is -0.121. The Kier molecular flexibility index (Phi) is 2.90. The fraction of sp³-hybridized carbons (Fsp3) is 0.778. The Balaban J connectivity index is 2.53. The Morgan fingerprint density at radius 2 is 2.23 bits per heavy atom. The maximum atomic E-state index is 11.4. The quantitative estimate of drug-likeness (QED) is 0.639. The van der Waals surface area contributed by atoms with Crippen LogP contribution in [-0.2, 0) is 9.63 Å². The van der Waals surface area contributed by atoms with Gasteiger partial charge in [-0.1, -0.05) is 19.0 Å². The molecule has 0 N–H and O–H groups in total. The summed E-state index contributed by atoms with van der Waals surface area (Å²) in [5.74, 6) is 0.347. The summed E-state index contributed by atoms with van der Waals surface area (Å²) >= 11 is 0. The average Bonchev–Trinajstić information content (AvgIpc) is 2.50. The van der Waals surface area contributed by atoms with E-state index in [-0.39, 0.29) is 12.0 Å². The number of rotatable bonds is 2. The van der Waals surface area contributed by atoms with E-state index in [0.717, 1.165) is 0 Å². The van der Waals surface area contributed by atoms with E-state index < -0.39 is 0 Å². The van der Waals surface area contributed by atoms with Crippen LogP contribution < -0.4 is 0 Å². The number of nitrogens with zero attached hydrogens (tertiary/aromatic N) is 2. The number of carbonyl (C=O) groups excluding carboxylic acids is 1. The van der Waals surface area contributed by atoms with Crippen molar-refractivity contribution in [2.24, 2.45) is 11.1 Å². The maximum absolute atomic E-state index is 11.4. The molecule has 0 aliphatic carbocycles. The van der Waals surface area contributed by atoms with Crippen LogP contribution in [0.15, 0.2) is 5.16 Å². The van der Waals surface area contributed by atoms with Crippen molar-refractivity contribution >= 4 is 11.6 Å². The number of carbonyl (C=O) groups is 1. The van der Waals surface area contributed by atoms with Gasteiger partial charge in [-0.05, 0) is 5.92 Å². The predicted octanol–water partition coefficient (Wildman–Crippen LogP) is 0.875. The summed E-state index contributed by atoms with van der Waals surface area (Å²) in [6, 6.07) is 0. The summed E-state index contributed by atoms with van der Waals surface area (Å²) in [6.45, 7) is 4.12. The van der Waals surface area contributed by atoms with Gasteiger partial charge in [-0.3, -0.25) is 4.79 Å². The molecule has 0 aromatic rings. The van der Waals surface area contributed by atoms with Crippen molar-refractivity contribution in [3.63, 3.8) is 0 Å². The molecule has 1 rings (SSSR count). The van der Waals surface area contributed by atoms with Gasteiger partial charge in [0.15, 0.2) is 0 Å². The molecule has 0 aromatic heterocycles. The van der Waals surface area contributed by atoms with E-state index in [4.69, 9.17) is 4.84 Å². The van der Waals surface area contributed by atoms with Crippen molar-refractivity contribution in [3.05, 3.63) is 0 Å². The van der Waals surface area contributed by atoms with E-state index in [9.17, 15) is 4.79 Å². The predicted molar refractivity (Wildman–Crippen MR) is 50.5 cm³/mol.